The molecule has 7 heteroatoms. The normalized spacial score (nSPS) is 11.8. The summed E-state index contributed by atoms with van der Waals surface area (Å²) in [7, 11) is 0. The number of nitrogens with zero attached hydrogens (tertiary/aromatic N) is 4. The number of halogens is 3. The fourth-order valence-corrected chi connectivity index (χ4v) is 7.85. The maximum atomic E-state index is 13.7. The van der Waals surface area contributed by atoms with E-state index >= 15 is 0 Å². The summed E-state index contributed by atoms with van der Waals surface area (Å²) in [5, 5.41) is 4.39. The number of benzene rings is 7. The summed E-state index contributed by atoms with van der Waals surface area (Å²) < 4.78 is 45.6. The van der Waals surface area contributed by atoms with E-state index in [1.54, 1.807) is 0 Å². The van der Waals surface area contributed by atoms with E-state index in [1.165, 1.54) is 6.07 Å². The van der Waals surface area contributed by atoms with E-state index in [4.69, 9.17) is 13.1 Å². The third-order valence-corrected chi connectivity index (χ3v) is 10.3. The number of aromatic nitrogens is 2. The van der Waals surface area contributed by atoms with Crippen LogP contribution in [-0.4, -0.2) is 9.13 Å². The number of hydrogen-bond acceptors (Lipinski definition) is 0. The third kappa shape index (κ3) is 5.13. The van der Waals surface area contributed by atoms with Crippen molar-refractivity contribution in [1.29, 1.82) is 0 Å². The molecular formula is C47H29F3N4. The molecule has 54 heavy (non-hydrogen) atoms. The van der Waals surface area contributed by atoms with Gasteiger partial charge in [0.25, 0.3) is 0 Å². The summed E-state index contributed by atoms with van der Waals surface area (Å²) in [6, 6.07) is 44.0. The summed E-state index contributed by atoms with van der Waals surface area (Å²) in [5.41, 5.74) is 9.69. The first kappa shape index (κ1) is 32.8. The molecule has 2 aromatic heterocycles. The molecule has 4 nitrogen and oxygen atoms in total. The summed E-state index contributed by atoms with van der Waals surface area (Å²) in [6.45, 7) is 20.3. The van der Waals surface area contributed by atoms with Crippen molar-refractivity contribution in [2.75, 3.05) is 0 Å². The van der Waals surface area contributed by atoms with Crippen molar-refractivity contribution in [2.24, 2.45) is 0 Å². The van der Waals surface area contributed by atoms with Crippen LogP contribution in [0.5, 0.6) is 0 Å². The minimum absolute atomic E-state index is 0.101. The van der Waals surface area contributed by atoms with Gasteiger partial charge in [0.05, 0.1) is 40.9 Å². The first-order valence-electron chi connectivity index (χ1n) is 17.4. The molecule has 0 aliphatic heterocycles. The Morgan fingerprint density at radius 1 is 0.481 bits per heavy atom. The first-order chi connectivity index (χ1) is 26.1. The minimum atomic E-state index is -4.58. The van der Waals surface area contributed by atoms with Gasteiger partial charge in [-0.25, -0.2) is 9.69 Å². The molecule has 2 heterocycles. The Balaban J connectivity index is 1.37. The molecule has 0 aliphatic carbocycles. The Morgan fingerprint density at radius 3 is 1.70 bits per heavy atom. The molecule has 0 saturated carbocycles. The summed E-state index contributed by atoms with van der Waals surface area (Å²) in [4.78, 5) is 7.52. The zero-order valence-corrected chi connectivity index (χ0v) is 29.2. The molecule has 0 saturated heterocycles. The predicted octanol–water partition coefficient (Wildman–Crippen LogP) is 14.0. The van der Waals surface area contributed by atoms with Crippen LogP contribution in [0.15, 0.2) is 140 Å². The van der Waals surface area contributed by atoms with Crippen LogP contribution in [0.3, 0.4) is 0 Å². The van der Waals surface area contributed by atoms with Crippen molar-refractivity contribution in [1.82, 2.24) is 9.13 Å². The second-order valence-corrected chi connectivity index (χ2v) is 13.6. The molecule has 9 rings (SSSR count). The second-order valence-electron chi connectivity index (χ2n) is 13.6. The van der Waals surface area contributed by atoms with E-state index in [-0.39, 0.29) is 5.69 Å². The summed E-state index contributed by atoms with van der Waals surface area (Å²) in [6.07, 6.45) is -4.58. The molecule has 7 aromatic carbocycles. The molecule has 258 valence electrons. The van der Waals surface area contributed by atoms with Crippen molar-refractivity contribution in [3.05, 3.63) is 179 Å². The van der Waals surface area contributed by atoms with Crippen molar-refractivity contribution in [3.63, 3.8) is 0 Å². The highest BCUT2D eigenvalue weighted by molar-refractivity contribution is 6.11. The Kier molecular flexibility index (Phi) is 7.44. The van der Waals surface area contributed by atoms with Gasteiger partial charge in [0.1, 0.15) is 0 Å². The smallest absolute Gasteiger partial charge is 0.309 e. The van der Waals surface area contributed by atoms with Gasteiger partial charge in [-0.1, -0.05) is 83.9 Å². The molecule has 0 N–H and O–H groups in total. The van der Waals surface area contributed by atoms with Crippen LogP contribution < -0.4 is 0 Å². The van der Waals surface area contributed by atoms with Crippen LogP contribution in [0.4, 0.5) is 24.5 Å². The van der Waals surface area contributed by atoms with Crippen LogP contribution in [-0.2, 0) is 6.18 Å². The lowest BCUT2D eigenvalue weighted by atomic mass is 9.94. The highest BCUT2D eigenvalue weighted by Crippen LogP contribution is 2.45. The lowest BCUT2D eigenvalue weighted by molar-refractivity contribution is -0.137. The van der Waals surface area contributed by atoms with E-state index in [0.717, 1.165) is 78.2 Å². The van der Waals surface area contributed by atoms with Gasteiger partial charge < -0.3 is 9.13 Å². The molecule has 0 aliphatic rings. The predicted molar refractivity (Wildman–Crippen MR) is 213 cm³/mol. The van der Waals surface area contributed by atoms with Crippen LogP contribution in [0, 0.1) is 27.0 Å². The molecule has 0 radical (unpaired) electrons. The first-order valence-corrected chi connectivity index (χ1v) is 17.4. The number of fused-ring (bicyclic) bond motifs is 6. The average molecular weight is 707 g/mol. The summed E-state index contributed by atoms with van der Waals surface area (Å²) in [5.74, 6) is 0. The van der Waals surface area contributed by atoms with Crippen LogP contribution in [0.25, 0.3) is 86.9 Å². The Labute approximate surface area is 309 Å². The van der Waals surface area contributed by atoms with Crippen molar-refractivity contribution in [3.8, 4) is 33.6 Å². The number of aryl methyl sites for hydroxylation is 2. The number of para-hydroxylation sites is 2. The molecule has 0 unspecified atom stereocenters. The molecule has 0 atom stereocenters. The van der Waals surface area contributed by atoms with Gasteiger partial charge in [-0.2, -0.15) is 13.2 Å². The molecule has 0 bridgehead atoms. The van der Waals surface area contributed by atoms with Crippen molar-refractivity contribution < 1.29 is 13.2 Å². The maximum absolute atomic E-state index is 13.7. The van der Waals surface area contributed by atoms with Gasteiger partial charge in [-0.15, -0.1) is 0 Å². The molecule has 0 fully saturated rings. The SMILES string of the molecule is [C-]#[N+]c1cc(C(F)(F)F)ccc1-c1ccc(-n2c3ccccc3c3cc(C)ccc32)c(-c2cc(-n3c4ccccc4c4cc(C)ccc43)ccc2[N+]#[C-])c1. The van der Waals surface area contributed by atoms with E-state index in [9.17, 15) is 13.2 Å². The van der Waals surface area contributed by atoms with Gasteiger partial charge in [0.15, 0.2) is 11.4 Å². The van der Waals surface area contributed by atoms with Gasteiger partial charge in [0.2, 0.25) is 0 Å². The highest BCUT2D eigenvalue weighted by Gasteiger charge is 2.31. The van der Waals surface area contributed by atoms with Gasteiger partial charge in [0, 0.05) is 32.8 Å². The Hall–Kier alpha value is -7.09. The standard InChI is InChI=1S/C47H29F3N4/c1-28-13-20-44-37(23-28)34-9-5-7-11-42(34)53(44)32-17-19-40(51-3)36(27-32)39-25-30(33-18-16-31(47(48,49)50)26-41(33)52-4)15-22-46(39)54-43-12-8-6-10-35(43)38-24-29(2)14-21-45(38)54/h5-27H,1-2H3. The quantitative estimate of drug-likeness (QED) is 0.162. The van der Waals surface area contributed by atoms with Gasteiger partial charge in [-0.05, 0) is 103 Å². The van der Waals surface area contributed by atoms with Gasteiger partial charge in [-0.3, -0.25) is 0 Å². The number of hydrogen-bond donors (Lipinski definition) is 0. The molecule has 0 amide bonds. The number of alkyl halides is 3. The largest absolute Gasteiger partial charge is 0.415 e. The lowest BCUT2D eigenvalue weighted by Crippen LogP contribution is -2.04. The number of rotatable bonds is 4. The minimum Gasteiger partial charge on any atom is -0.309 e. The van der Waals surface area contributed by atoms with E-state index in [1.807, 2.05) is 60.7 Å². The molecule has 9 aromatic rings. The zero-order valence-electron chi connectivity index (χ0n) is 29.2. The van der Waals surface area contributed by atoms with Gasteiger partial charge >= 0.3 is 6.18 Å². The van der Waals surface area contributed by atoms with Crippen LogP contribution >= 0.6 is 0 Å². The second kappa shape index (κ2) is 12.3. The average Bonchev–Trinajstić information content (AvgIpc) is 3.68. The molecular weight excluding hydrogens is 678 g/mol. The van der Waals surface area contributed by atoms with Crippen LogP contribution in [0.2, 0.25) is 0 Å². The van der Waals surface area contributed by atoms with Crippen LogP contribution in [0.1, 0.15) is 16.7 Å². The highest BCUT2D eigenvalue weighted by atomic mass is 19.4. The van der Waals surface area contributed by atoms with E-state index in [2.05, 4.69) is 93.3 Å². The van der Waals surface area contributed by atoms with E-state index in [0.29, 0.717) is 27.9 Å². The molecule has 0 spiro atoms. The topological polar surface area (TPSA) is 18.6 Å². The van der Waals surface area contributed by atoms with Crippen molar-refractivity contribution >= 4 is 55.0 Å². The zero-order chi connectivity index (χ0) is 37.3. The Bertz CT molecular complexity index is 3090. The van der Waals surface area contributed by atoms with Crippen molar-refractivity contribution in [2.45, 2.75) is 20.0 Å². The monoisotopic (exact) mass is 706 g/mol. The fraction of sp³-hybridized carbons (Fsp3) is 0.0638. The third-order valence-electron chi connectivity index (χ3n) is 10.3. The maximum Gasteiger partial charge on any atom is 0.415 e. The Morgan fingerprint density at radius 2 is 1.07 bits per heavy atom. The lowest BCUT2D eigenvalue weighted by Gasteiger charge is -2.19. The van der Waals surface area contributed by atoms with E-state index < -0.39 is 11.7 Å². The fourth-order valence-electron chi connectivity index (χ4n) is 7.85. The summed E-state index contributed by atoms with van der Waals surface area (Å²) >= 11 is 0.